The van der Waals surface area contributed by atoms with Crippen LogP contribution < -0.4 is 9.62 Å². The Morgan fingerprint density at radius 1 is 1.03 bits per heavy atom. The first kappa shape index (κ1) is 27.3. The van der Waals surface area contributed by atoms with Crippen LogP contribution in [-0.2, 0) is 26.2 Å². The van der Waals surface area contributed by atoms with Crippen LogP contribution in [0.2, 0.25) is 0 Å². The molecule has 0 aliphatic rings. The Hall–Kier alpha value is -2.94. The second-order valence-electron chi connectivity index (χ2n) is 8.14. The highest BCUT2D eigenvalue weighted by atomic mass is 32.2. The van der Waals surface area contributed by atoms with E-state index in [0.29, 0.717) is 24.2 Å². The van der Waals surface area contributed by atoms with E-state index in [2.05, 4.69) is 5.32 Å². The van der Waals surface area contributed by atoms with Crippen molar-refractivity contribution in [3.63, 3.8) is 0 Å². The number of rotatable bonds is 13. The highest BCUT2D eigenvalue weighted by Gasteiger charge is 2.28. The predicted octanol–water partition coefficient (Wildman–Crippen LogP) is 3.71. The third-order valence-corrected chi connectivity index (χ3v) is 6.59. The van der Waals surface area contributed by atoms with Crippen LogP contribution in [0.15, 0.2) is 54.6 Å². The minimum atomic E-state index is -3.52. The third kappa shape index (κ3) is 8.13. The molecule has 1 N–H and O–H groups in total. The van der Waals surface area contributed by atoms with Gasteiger partial charge in [-0.1, -0.05) is 44.2 Å². The number of para-hydroxylation sites is 1. The summed E-state index contributed by atoms with van der Waals surface area (Å²) in [4.78, 5) is 27.5. The third-order valence-electron chi connectivity index (χ3n) is 5.40. The Bertz CT molecular complexity index is 1030. The quantitative estimate of drug-likeness (QED) is 0.463. The number of hydrogen-bond donors (Lipinski definition) is 1. The molecule has 7 nitrogen and oxygen atoms in total. The van der Waals surface area contributed by atoms with Crippen LogP contribution in [0, 0.1) is 5.82 Å². The lowest BCUT2D eigenvalue weighted by molar-refractivity contribution is -0.141. The minimum absolute atomic E-state index is 0.0671. The van der Waals surface area contributed by atoms with Crippen LogP contribution in [0.4, 0.5) is 10.1 Å². The van der Waals surface area contributed by atoms with Crippen LogP contribution >= 0.6 is 0 Å². The molecule has 0 saturated carbocycles. The van der Waals surface area contributed by atoms with Gasteiger partial charge >= 0.3 is 0 Å². The van der Waals surface area contributed by atoms with E-state index < -0.39 is 16.1 Å². The van der Waals surface area contributed by atoms with Crippen molar-refractivity contribution in [3.05, 3.63) is 66.0 Å². The molecule has 0 aromatic heterocycles. The predicted molar refractivity (Wildman–Crippen MR) is 132 cm³/mol. The van der Waals surface area contributed by atoms with Crippen molar-refractivity contribution in [2.24, 2.45) is 0 Å². The monoisotopic (exact) mass is 491 g/mol. The van der Waals surface area contributed by atoms with E-state index in [4.69, 9.17) is 0 Å². The fourth-order valence-corrected chi connectivity index (χ4v) is 4.64. The zero-order chi connectivity index (χ0) is 25.1. The van der Waals surface area contributed by atoms with Crippen molar-refractivity contribution >= 4 is 27.5 Å². The number of sulfonamides is 1. The lowest BCUT2D eigenvalue weighted by Crippen LogP contribution is -2.49. The smallest absolute Gasteiger partial charge is 0.242 e. The average molecular weight is 492 g/mol. The lowest BCUT2D eigenvalue weighted by atomic mass is 10.1. The molecule has 0 bridgehead atoms. The second kappa shape index (κ2) is 13.1. The molecule has 0 heterocycles. The van der Waals surface area contributed by atoms with Crippen molar-refractivity contribution in [1.29, 1.82) is 0 Å². The normalized spacial score (nSPS) is 12.1. The van der Waals surface area contributed by atoms with Crippen LogP contribution in [0.1, 0.15) is 45.1 Å². The van der Waals surface area contributed by atoms with E-state index in [-0.39, 0.29) is 43.6 Å². The molecule has 0 aliphatic carbocycles. The highest BCUT2D eigenvalue weighted by molar-refractivity contribution is 7.92. The topological polar surface area (TPSA) is 86.8 Å². The standard InChI is InChI=1S/C25H34FN3O4S/c1-4-17-27-25(31)23(5-2)28(19-20-13-15-21(26)16-14-20)24(30)12-9-18-29(34(3,32)33)22-10-7-6-8-11-22/h6-8,10-11,13-16,23H,4-5,9,12,17-19H2,1-3H3,(H,27,31)/t23-/m1/s1. The number of carbonyl (C=O) groups is 2. The van der Waals surface area contributed by atoms with Gasteiger partial charge in [0, 0.05) is 26.1 Å². The number of benzene rings is 2. The first-order chi connectivity index (χ1) is 16.2. The van der Waals surface area contributed by atoms with Crippen molar-refractivity contribution in [1.82, 2.24) is 10.2 Å². The molecular weight excluding hydrogens is 457 g/mol. The molecule has 2 amide bonds. The summed E-state index contributed by atoms with van der Waals surface area (Å²) < 4.78 is 39.2. The Morgan fingerprint density at radius 3 is 2.24 bits per heavy atom. The van der Waals surface area contributed by atoms with Gasteiger partial charge in [-0.3, -0.25) is 13.9 Å². The van der Waals surface area contributed by atoms with Gasteiger partial charge in [0.15, 0.2) is 0 Å². The molecule has 186 valence electrons. The molecule has 2 rings (SSSR count). The number of amides is 2. The average Bonchev–Trinajstić information content (AvgIpc) is 2.81. The molecule has 34 heavy (non-hydrogen) atoms. The minimum Gasteiger partial charge on any atom is -0.354 e. The van der Waals surface area contributed by atoms with E-state index in [1.165, 1.54) is 21.3 Å². The van der Waals surface area contributed by atoms with E-state index in [1.807, 2.05) is 13.8 Å². The summed E-state index contributed by atoms with van der Waals surface area (Å²) in [7, 11) is -3.52. The summed E-state index contributed by atoms with van der Waals surface area (Å²) in [6, 6.07) is 13.9. The summed E-state index contributed by atoms with van der Waals surface area (Å²) in [5.41, 5.74) is 1.24. The molecular formula is C25H34FN3O4S. The summed E-state index contributed by atoms with van der Waals surface area (Å²) >= 11 is 0. The largest absolute Gasteiger partial charge is 0.354 e. The van der Waals surface area contributed by atoms with Gasteiger partial charge in [0.05, 0.1) is 11.9 Å². The fraction of sp³-hybridized carbons (Fsp3) is 0.440. The zero-order valence-electron chi connectivity index (χ0n) is 20.0. The molecule has 9 heteroatoms. The van der Waals surface area contributed by atoms with E-state index >= 15 is 0 Å². The van der Waals surface area contributed by atoms with Gasteiger partial charge in [0.25, 0.3) is 0 Å². The van der Waals surface area contributed by atoms with Gasteiger partial charge in [0.2, 0.25) is 21.8 Å². The molecule has 0 spiro atoms. The summed E-state index contributed by atoms with van der Waals surface area (Å²) in [6.07, 6.45) is 2.68. The van der Waals surface area contributed by atoms with E-state index in [1.54, 1.807) is 42.5 Å². The maximum atomic E-state index is 13.4. The SMILES string of the molecule is CCCNC(=O)[C@@H](CC)N(Cc1ccc(F)cc1)C(=O)CCCN(c1ccccc1)S(C)(=O)=O. The molecule has 2 aromatic rings. The fourth-order valence-electron chi connectivity index (χ4n) is 3.67. The molecule has 0 radical (unpaired) electrons. The molecule has 0 unspecified atom stereocenters. The van der Waals surface area contributed by atoms with Crippen LogP contribution in [0.25, 0.3) is 0 Å². The first-order valence-corrected chi connectivity index (χ1v) is 13.4. The Morgan fingerprint density at radius 2 is 1.68 bits per heavy atom. The number of nitrogens with one attached hydrogen (secondary N) is 1. The number of anilines is 1. The van der Waals surface area contributed by atoms with Crippen molar-refractivity contribution in [2.75, 3.05) is 23.7 Å². The van der Waals surface area contributed by atoms with Crippen LogP contribution in [0.5, 0.6) is 0 Å². The first-order valence-electron chi connectivity index (χ1n) is 11.5. The molecule has 0 saturated heterocycles. The number of halogens is 1. The second-order valence-corrected chi connectivity index (χ2v) is 10.0. The molecule has 0 fully saturated rings. The van der Waals surface area contributed by atoms with Crippen LogP contribution in [-0.4, -0.2) is 50.5 Å². The van der Waals surface area contributed by atoms with Gasteiger partial charge in [-0.2, -0.15) is 0 Å². The van der Waals surface area contributed by atoms with Crippen molar-refractivity contribution in [2.45, 2.75) is 52.1 Å². The highest BCUT2D eigenvalue weighted by Crippen LogP contribution is 2.19. The lowest BCUT2D eigenvalue weighted by Gasteiger charge is -2.31. The van der Waals surface area contributed by atoms with Gasteiger partial charge in [-0.25, -0.2) is 12.8 Å². The van der Waals surface area contributed by atoms with E-state index in [9.17, 15) is 22.4 Å². The number of carbonyl (C=O) groups excluding carboxylic acids is 2. The number of nitrogens with zero attached hydrogens (tertiary/aromatic N) is 2. The van der Waals surface area contributed by atoms with Gasteiger partial charge in [-0.05, 0) is 49.1 Å². The van der Waals surface area contributed by atoms with Crippen LogP contribution in [0.3, 0.4) is 0 Å². The maximum absolute atomic E-state index is 13.4. The van der Waals surface area contributed by atoms with Gasteiger partial charge < -0.3 is 10.2 Å². The van der Waals surface area contributed by atoms with Crippen molar-refractivity contribution < 1.29 is 22.4 Å². The molecule has 1 atom stereocenters. The van der Waals surface area contributed by atoms with E-state index in [0.717, 1.165) is 12.7 Å². The Labute approximate surface area is 202 Å². The van der Waals surface area contributed by atoms with Gasteiger partial charge in [-0.15, -0.1) is 0 Å². The zero-order valence-corrected chi connectivity index (χ0v) is 20.9. The van der Waals surface area contributed by atoms with Crippen molar-refractivity contribution in [3.8, 4) is 0 Å². The number of hydrogen-bond acceptors (Lipinski definition) is 4. The molecule has 2 aromatic carbocycles. The molecule has 0 aliphatic heterocycles. The Kier molecular flexibility index (Phi) is 10.5. The maximum Gasteiger partial charge on any atom is 0.242 e. The summed E-state index contributed by atoms with van der Waals surface area (Å²) in [6.45, 7) is 4.59. The summed E-state index contributed by atoms with van der Waals surface area (Å²) in [5.74, 6) is -0.873. The van der Waals surface area contributed by atoms with Gasteiger partial charge in [0.1, 0.15) is 11.9 Å². The summed E-state index contributed by atoms with van der Waals surface area (Å²) in [5, 5.41) is 2.85. The Balaban J connectivity index is 2.17.